The summed E-state index contributed by atoms with van der Waals surface area (Å²) >= 11 is 3.37. The van der Waals surface area contributed by atoms with Crippen LogP contribution in [0.5, 0.6) is 5.75 Å². The number of likely N-dealkylation sites (tertiary alicyclic amines) is 1. The van der Waals surface area contributed by atoms with E-state index in [4.69, 9.17) is 9.47 Å². The Morgan fingerprint density at radius 1 is 1.26 bits per heavy atom. The molecule has 4 rings (SSSR count). The van der Waals surface area contributed by atoms with Crippen LogP contribution in [-0.4, -0.2) is 48.1 Å². The lowest BCUT2D eigenvalue weighted by Gasteiger charge is -2.27. The number of nitrogens with zero attached hydrogens (tertiary/aromatic N) is 1. The van der Waals surface area contributed by atoms with Crippen LogP contribution >= 0.6 is 15.9 Å². The molecule has 2 aliphatic rings. The first-order valence-electron chi connectivity index (χ1n) is 9.90. The van der Waals surface area contributed by atoms with Crippen molar-refractivity contribution in [1.29, 1.82) is 0 Å². The number of aliphatic hydroxyl groups excluding tert-OH is 1. The minimum Gasteiger partial charge on any atom is -0.507 e. The molecule has 2 saturated heterocycles. The smallest absolute Gasteiger partial charge is 0.295 e. The van der Waals surface area contributed by atoms with Crippen LogP contribution in [0, 0.1) is 5.82 Å². The molecular weight excluding hydrogens is 469 g/mol. The Morgan fingerprint density at radius 3 is 2.61 bits per heavy atom. The van der Waals surface area contributed by atoms with Crippen LogP contribution in [-0.2, 0) is 14.3 Å². The average molecular weight is 490 g/mol. The van der Waals surface area contributed by atoms with Crippen LogP contribution in [0.1, 0.15) is 30.0 Å². The van der Waals surface area contributed by atoms with E-state index < -0.39 is 23.5 Å². The van der Waals surface area contributed by atoms with Gasteiger partial charge in [0.1, 0.15) is 17.3 Å². The van der Waals surface area contributed by atoms with Crippen LogP contribution < -0.4 is 4.74 Å². The van der Waals surface area contributed by atoms with Gasteiger partial charge in [-0.3, -0.25) is 9.59 Å². The summed E-state index contributed by atoms with van der Waals surface area (Å²) in [5.74, 6) is -1.66. The third-order valence-corrected chi connectivity index (χ3v) is 6.19. The number of aliphatic hydroxyl groups is 1. The van der Waals surface area contributed by atoms with E-state index in [2.05, 4.69) is 15.9 Å². The minimum atomic E-state index is -0.842. The highest BCUT2D eigenvalue weighted by molar-refractivity contribution is 9.10. The molecule has 0 bridgehead atoms. The number of hydrogen-bond acceptors (Lipinski definition) is 5. The third kappa shape index (κ3) is 4.09. The Balaban J connectivity index is 1.82. The Labute approximate surface area is 187 Å². The topological polar surface area (TPSA) is 76.1 Å². The second-order valence-corrected chi connectivity index (χ2v) is 8.34. The van der Waals surface area contributed by atoms with Gasteiger partial charge in [-0.25, -0.2) is 4.39 Å². The number of hydrogen-bond donors (Lipinski definition) is 1. The van der Waals surface area contributed by atoms with Crippen molar-refractivity contribution in [3.63, 3.8) is 0 Å². The SMILES string of the molecule is COc1ccc(/C(O)=C2/C(=O)C(=O)N(CC3CCCO3)C2c2ccc(F)cc2)cc1Br. The lowest BCUT2D eigenvalue weighted by molar-refractivity contribution is -0.140. The van der Waals surface area contributed by atoms with Gasteiger partial charge in [-0.1, -0.05) is 12.1 Å². The normalized spacial score (nSPS) is 22.9. The molecule has 2 unspecified atom stereocenters. The number of benzene rings is 2. The van der Waals surface area contributed by atoms with Gasteiger partial charge in [-0.2, -0.15) is 0 Å². The van der Waals surface area contributed by atoms with E-state index in [1.807, 2.05) is 0 Å². The maximum Gasteiger partial charge on any atom is 0.295 e. The fourth-order valence-electron chi connectivity index (χ4n) is 4.04. The van der Waals surface area contributed by atoms with Gasteiger partial charge in [0.2, 0.25) is 0 Å². The molecule has 0 spiro atoms. The minimum absolute atomic E-state index is 0.0355. The lowest BCUT2D eigenvalue weighted by Crippen LogP contribution is -2.36. The molecule has 31 heavy (non-hydrogen) atoms. The van der Waals surface area contributed by atoms with Crippen LogP contribution in [0.25, 0.3) is 5.76 Å². The third-order valence-electron chi connectivity index (χ3n) is 5.58. The van der Waals surface area contributed by atoms with Gasteiger partial charge < -0.3 is 19.5 Å². The summed E-state index contributed by atoms with van der Waals surface area (Å²) in [6.07, 6.45) is 1.48. The van der Waals surface area contributed by atoms with Gasteiger partial charge in [0.25, 0.3) is 11.7 Å². The Morgan fingerprint density at radius 2 is 2.00 bits per heavy atom. The summed E-state index contributed by atoms with van der Waals surface area (Å²) in [6.45, 7) is 0.825. The maximum absolute atomic E-state index is 13.5. The van der Waals surface area contributed by atoms with Crippen LogP contribution in [0.3, 0.4) is 0 Å². The number of rotatable bonds is 5. The van der Waals surface area contributed by atoms with Crippen molar-refractivity contribution < 1.29 is 28.6 Å². The zero-order chi connectivity index (χ0) is 22.1. The molecule has 2 atom stereocenters. The van der Waals surface area contributed by atoms with Crippen LogP contribution in [0.4, 0.5) is 4.39 Å². The quantitative estimate of drug-likeness (QED) is 0.387. The van der Waals surface area contributed by atoms with Crippen molar-refractivity contribution in [2.45, 2.75) is 25.0 Å². The molecule has 0 aliphatic carbocycles. The Bertz CT molecular complexity index is 1050. The van der Waals surface area contributed by atoms with E-state index in [0.29, 0.717) is 28.0 Å². The molecule has 1 N–H and O–H groups in total. The molecular formula is C23H21BrFNO5. The van der Waals surface area contributed by atoms with E-state index in [0.717, 1.165) is 12.8 Å². The van der Waals surface area contributed by atoms with Crippen molar-refractivity contribution in [1.82, 2.24) is 4.90 Å². The molecule has 8 heteroatoms. The molecule has 0 aromatic heterocycles. The second kappa shape index (κ2) is 8.80. The fraction of sp³-hybridized carbons (Fsp3) is 0.304. The molecule has 2 heterocycles. The molecule has 162 valence electrons. The number of halogens is 2. The molecule has 2 aliphatic heterocycles. The van der Waals surface area contributed by atoms with Crippen LogP contribution in [0.2, 0.25) is 0 Å². The highest BCUT2D eigenvalue weighted by atomic mass is 79.9. The van der Waals surface area contributed by atoms with Gasteiger partial charge in [0, 0.05) is 18.7 Å². The molecule has 0 saturated carbocycles. The number of carbonyl (C=O) groups is 2. The van der Waals surface area contributed by atoms with Crippen molar-refractivity contribution in [3.05, 3.63) is 69.5 Å². The summed E-state index contributed by atoms with van der Waals surface area (Å²) in [6, 6.07) is 9.60. The standard InChI is InChI=1S/C23H21BrFNO5/c1-30-18-9-6-14(11-17(18)24)21(27)19-20(13-4-7-15(25)8-5-13)26(23(29)22(19)28)12-16-3-2-10-31-16/h4-9,11,16,20,27H,2-3,10,12H2,1H3/b21-19-. The zero-order valence-corrected chi connectivity index (χ0v) is 18.4. The van der Waals surface area contributed by atoms with Crippen LogP contribution in [0.15, 0.2) is 52.5 Å². The second-order valence-electron chi connectivity index (χ2n) is 7.49. The lowest BCUT2D eigenvalue weighted by atomic mass is 9.95. The Kier molecular flexibility index (Phi) is 6.11. The van der Waals surface area contributed by atoms with Crippen molar-refractivity contribution in [2.75, 3.05) is 20.3 Å². The van der Waals surface area contributed by atoms with E-state index in [1.54, 1.807) is 18.2 Å². The summed E-state index contributed by atoms with van der Waals surface area (Å²) < 4.78 is 25.0. The largest absolute Gasteiger partial charge is 0.507 e. The van der Waals surface area contributed by atoms with Gasteiger partial charge >= 0.3 is 0 Å². The van der Waals surface area contributed by atoms with Crippen molar-refractivity contribution >= 4 is 33.4 Å². The number of amides is 1. The first-order chi connectivity index (χ1) is 14.9. The van der Waals surface area contributed by atoms with Gasteiger partial charge in [0.15, 0.2) is 0 Å². The van der Waals surface area contributed by atoms with Gasteiger partial charge in [0.05, 0.1) is 29.3 Å². The predicted octanol–water partition coefficient (Wildman–Crippen LogP) is 4.20. The van der Waals surface area contributed by atoms with Gasteiger partial charge in [-0.15, -0.1) is 0 Å². The molecule has 2 aromatic carbocycles. The molecule has 2 aromatic rings. The van der Waals surface area contributed by atoms with E-state index in [-0.39, 0.29) is 24.0 Å². The van der Waals surface area contributed by atoms with Crippen molar-refractivity contribution in [3.8, 4) is 5.75 Å². The van der Waals surface area contributed by atoms with Gasteiger partial charge in [-0.05, 0) is 64.7 Å². The highest BCUT2D eigenvalue weighted by Crippen LogP contribution is 2.41. The summed E-state index contributed by atoms with van der Waals surface area (Å²) in [5, 5.41) is 11.1. The zero-order valence-electron chi connectivity index (χ0n) is 16.8. The number of Topliss-reactive ketones (excluding diaryl/α,β-unsaturated/α-hetero) is 1. The number of ether oxygens (including phenoxy) is 2. The number of ketones is 1. The van der Waals surface area contributed by atoms with E-state index >= 15 is 0 Å². The fourth-order valence-corrected chi connectivity index (χ4v) is 4.58. The predicted molar refractivity (Wildman–Crippen MR) is 115 cm³/mol. The van der Waals surface area contributed by atoms with E-state index in [1.165, 1.54) is 36.3 Å². The van der Waals surface area contributed by atoms with Crippen molar-refractivity contribution in [2.24, 2.45) is 0 Å². The average Bonchev–Trinajstić information content (AvgIpc) is 3.36. The first-order valence-corrected chi connectivity index (χ1v) is 10.7. The summed E-state index contributed by atoms with van der Waals surface area (Å²) in [4.78, 5) is 27.3. The first kappa shape index (κ1) is 21.5. The maximum atomic E-state index is 13.5. The summed E-state index contributed by atoms with van der Waals surface area (Å²) in [5.41, 5.74) is 0.856. The number of carbonyl (C=O) groups excluding carboxylic acids is 2. The monoisotopic (exact) mass is 489 g/mol. The molecule has 2 fully saturated rings. The summed E-state index contributed by atoms with van der Waals surface area (Å²) in [7, 11) is 1.52. The van der Waals surface area contributed by atoms with E-state index in [9.17, 15) is 19.1 Å². The Hall–Kier alpha value is -2.71. The molecule has 1 amide bonds. The molecule has 6 nitrogen and oxygen atoms in total. The number of methoxy groups -OCH3 is 1. The molecule has 0 radical (unpaired) electrons. The highest BCUT2D eigenvalue weighted by Gasteiger charge is 2.47.